The second-order valence-corrected chi connectivity index (χ2v) is 4.26. The number of amides is 2. The molecule has 0 aliphatic carbocycles. The van der Waals surface area contributed by atoms with E-state index in [1.807, 2.05) is 6.07 Å². The number of hydrogen-bond acceptors (Lipinski definition) is 3. The third kappa shape index (κ3) is 4.15. The predicted molar refractivity (Wildman–Crippen MR) is 79.9 cm³/mol. The molecule has 0 atom stereocenters. The lowest BCUT2D eigenvalue weighted by Gasteiger charge is -2.07. The van der Waals surface area contributed by atoms with Crippen LogP contribution in [-0.4, -0.2) is 18.4 Å². The zero-order valence-corrected chi connectivity index (χ0v) is 11.6. The molecule has 2 N–H and O–H groups in total. The number of carbonyl (C=O) groups excluding carboxylic acids is 2. The van der Waals surface area contributed by atoms with Crippen molar-refractivity contribution in [3.05, 3.63) is 65.7 Å². The van der Waals surface area contributed by atoms with Gasteiger partial charge in [0, 0.05) is 16.8 Å². The smallest absolute Gasteiger partial charge is 0.274 e. The standard InChI is InChI=1S/C16H16N2O3/c1-2-21-18-16(20)13-8-10-14(11-9-13)17-15(19)12-6-4-3-5-7-12/h3-11H,2H2,1H3,(H,17,19)(H,18,20). The second kappa shape index (κ2) is 7.21. The third-order valence-corrected chi connectivity index (χ3v) is 2.75. The van der Waals surface area contributed by atoms with Gasteiger partial charge in [-0.25, -0.2) is 5.48 Å². The van der Waals surface area contributed by atoms with Crippen LogP contribution in [0.2, 0.25) is 0 Å². The maximum atomic E-state index is 12.0. The first kappa shape index (κ1) is 14.7. The van der Waals surface area contributed by atoms with Crippen molar-refractivity contribution in [3.8, 4) is 0 Å². The topological polar surface area (TPSA) is 67.4 Å². The van der Waals surface area contributed by atoms with Gasteiger partial charge in [0.15, 0.2) is 0 Å². The number of rotatable bonds is 5. The van der Waals surface area contributed by atoms with E-state index in [2.05, 4.69) is 10.8 Å². The molecule has 0 bridgehead atoms. The number of carbonyl (C=O) groups is 2. The lowest BCUT2D eigenvalue weighted by atomic mass is 10.2. The lowest BCUT2D eigenvalue weighted by molar-refractivity contribution is 0.0364. The normalized spacial score (nSPS) is 9.95. The highest BCUT2D eigenvalue weighted by Gasteiger charge is 2.07. The summed E-state index contributed by atoms with van der Waals surface area (Å²) in [5.41, 5.74) is 3.97. The van der Waals surface area contributed by atoms with E-state index in [1.165, 1.54) is 0 Å². The Bertz CT molecular complexity index is 609. The minimum absolute atomic E-state index is 0.192. The van der Waals surface area contributed by atoms with Gasteiger partial charge in [-0.1, -0.05) is 18.2 Å². The molecule has 0 spiro atoms. The average Bonchev–Trinajstić information content (AvgIpc) is 2.54. The van der Waals surface area contributed by atoms with Crippen LogP contribution in [0.4, 0.5) is 5.69 Å². The number of nitrogens with one attached hydrogen (secondary N) is 2. The Hall–Kier alpha value is -2.66. The van der Waals surface area contributed by atoms with Gasteiger partial charge in [0.25, 0.3) is 11.8 Å². The Morgan fingerprint density at radius 2 is 1.52 bits per heavy atom. The van der Waals surface area contributed by atoms with Gasteiger partial charge in [-0.2, -0.15) is 0 Å². The van der Waals surface area contributed by atoms with Gasteiger partial charge in [0.2, 0.25) is 0 Å². The first-order chi connectivity index (χ1) is 10.2. The molecule has 0 saturated heterocycles. The predicted octanol–water partition coefficient (Wildman–Crippen LogP) is 2.62. The summed E-state index contributed by atoms with van der Waals surface area (Å²) in [6.45, 7) is 2.18. The van der Waals surface area contributed by atoms with Gasteiger partial charge in [0.05, 0.1) is 6.61 Å². The lowest BCUT2D eigenvalue weighted by Crippen LogP contribution is -2.23. The fourth-order valence-electron chi connectivity index (χ4n) is 1.69. The van der Waals surface area contributed by atoms with Crippen LogP contribution >= 0.6 is 0 Å². The van der Waals surface area contributed by atoms with Crippen molar-refractivity contribution in [3.63, 3.8) is 0 Å². The summed E-state index contributed by atoms with van der Waals surface area (Å²) in [5, 5.41) is 2.77. The summed E-state index contributed by atoms with van der Waals surface area (Å²) in [4.78, 5) is 28.4. The molecule has 0 aromatic heterocycles. The van der Waals surface area contributed by atoms with Crippen molar-refractivity contribution in [1.82, 2.24) is 5.48 Å². The minimum Gasteiger partial charge on any atom is -0.322 e. The van der Waals surface area contributed by atoms with Crippen molar-refractivity contribution >= 4 is 17.5 Å². The Morgan fingerprint density at radius 3 is 2.14 bits per heavy atom. The zero-order chi connectivity index (χ0) is 15.1. The molecular formula is C16H16N2O3. The van der Waals surface area contributed by atoms with Gasteiger partial charge in [-0.15, -0.1) is 0 Å². The van der Waals surface area contributed by atoms with Gasteiger partial charge >= 0.3 is 0 Å². The molecule has 2 amide bonds. The fourth-order valence-corrected chi connectivity index (χ4v) is 1.69. The van der Waals surface area contributed by atoms with Gasteiger partial charge in [-0.3, -0.25) is 14.4 Å². The molecule has 5 nitrogen and oxygen atoms in total. The van der Waals surface area contributed by atoms with Crippen LogP contribution < -0.4 is 10.8 Å². The van der Waals surface area contributed by atoms with Crippen LogP contribution in [0.1, 0.15) is 27.6 Å². The highest BCUT2D eigenvalue weighted by atomic mass is 16.6. The largest absolute Gasteiger partial charge is 0.322 e. The molecule has 0 radical (unpaired) electrons. The van der Waals surface area contributed by atoms with E-state index < -0.39 is 0 Å². The summed E-state index contributed by atoms with van der Waals surface area (Å²) in [7, 11) is 0. The first-order valence-electron chi connectivity index (χ1n) is 6.59. The van der Waals surface area contributed by atoms with Crippen molar-refractivity contribution in [2.75, 3.05) is 11.9 Å². The van der Waals surface area contributed by atoms with E-state index in [0.717, 1.165) is 0 Å². The van der Waals surface area contributed by atoms with Crippen molar-refractivity contribution in [2.24, 2.45) is 0 Å². The summed E-state index contributed by atoms with van der Waals surface area (Å²) < 4.78 is 0. The van der Waals surface area contributed by atoms with Crippen LogP contribution in [0.25, 0.3) is 0 Å². The SMILES string of the molecule is CCONC(=O)c1ccc(NC(=O)c2ccccc2)cc1. The third-order valence-electron chi connectivity index (χ3n) is 2.75. The minimum atomic E-state index is -0.321. The summed E-state index contributed by atoms with van der Waals surface area (Å²) in [6.07, 6.45) is 0. The zero-order valence-electron chi connectivity index (χ0n) is 11.6. The fraction of sp³-hybridized carbons (Fsp3) is 0.125. The monoisotopic (exact) mass is 284 g/mol. The van der Waals surface area contributed by atoms with Crippen LogP contribution in [0.15, 0.2) is 54.6 Å². The molecule has 21 heavy (non-hydrogen) atoms. The van der Waals surface area contributed by atoms with Crippen molar-refractivity contribution < 1.29 is 14.4 Å². The van der Waals surface area contributed by atoms with E-state index in [4.69, 9.17) is 4.84 Å². The molecule has 0 unspecified atom stereocenters. The molecule has 0 heterocycles. The molecule has 2 aromatic rings. The average molecular weight is 284 g/mol. The Balaban J connectivity index is 1.99. The molecule has 5 heteroatoms. The highest BCUT2D eigenvalue weighted by Crippen LogP contribution is 2.11. The first-order valence-corrected chi connectivity index (χ1v) is 6.59. The molecule has 0 saturated carbocycles. The summed E-state index contributed by atoms with van der Waals surface area (Å²) in [5.74, 6) is -0.514. The van der Waals surface area contributed by atoms with Crippen LogP contribution in [0.5, 0.6) is 0 Å². The van der Waals surface area contributed by atoms with Crippen molar-refractivity contribution in [1.29, 1.82) is 0 Å². The summed E-state index contributed by atoms with van der Waals surface area (Å²) in [6, 6.07) is 15.5. The van der Waals surface area contributed by atoms with Gasteiger partial charge in [-0.05, 0) is 43.3 Å². The summed E-state index contributed by atoms with van der Waals surface area (Å²) >= 11 is 0. The molecule has 0 aliphatic heterocycles. The van der Waals surface area contributed by atoms with Gasteiger partial charge in [0.1, 0.15) is 0 Å². The maximum Gasteiger partial charge on any atom is 0.274 e. The maximum absolute atomic E-state index is 12.0. The quantitative estimate of drug-likeness (QED) is 0.829. The molecular weight excluding hydrogens is 268 g/mol. The van der Waals surface area contributed by atoms with Crippen molar-refractivity contribution in [2.45, 2.75) is 6.92 Å². The Kier molecular flexibility index (Phi) is 5.06. The molecule has 108 valence electrons. The van der Waals surface area contributed by atoms with E-state index in [9.17, 15) is 9.59 Å². The number of hydrogen-bond donors (Lipinski definition) is 2. The van der Waals surface area contributed by atoms with E-state index >= 15 is 0 Å². The van der Waals surface area contributed by atoms with E-state index in [1.54, 1.807) is 55.5 Å². The van der Waals surface area contributed by atoms with E-state index in [-0.39, 0.29) is 11.8 Å². The Morgan fingerprint density at radius 1 is 0.905 bits per heavy atom. The van der Waals surface area contributed by atoms with Crippen LogP contribution in [-0.2, 0) is 4.84 Å². The van der Waals surface area contributed by atoms with Crippen LogP contribution in [0, 0.1) is 0 Å². The van der Waals surface area contributed by atoms with Crippen LogP contribution in [0.3, 0.4) is 0 Å². The molecule has 2 aromatic carbocycles. The van der Waals surface area contributed by atoms with E-state index in [0.29, 0.717) is 23.4 Å². The number of benzene rings is 2. The number of anilines is 1. The second-order valence-electron chi connectivity index (χ2n) is 4.26. The molecule has 0 fully saturated rings. The Labute approximate surface area is 122 Å². The van der Waals surface area contributed by atoms with Gasteiger partial charge < -0.3 is 5.32 Å². The molecule has 0 aliphatic rings. The highest BCUT2D eigenvalue weighted by molar-refractivity contribution is 6.04. The number of hydroxylamine groups is 1. The molecule has 2 rings (SSSR count).